The van der Waals surface area contributed by atoms with E-state index in [1.807, 2.05) is 0 Å². The van der Waals surface area contributed by atoms with Gasteiger partial charge in [-0.05, 0) is 29.8 Å². The van der Waals surface area contributed by atoms with Crippen molar-refractivity contribution in [1.82, 2.24) is 10.7 Å². The van der Waals surface area contributed by atoms with Gasteiger partial charge in [-0.15, -0.1) is 0 Å². The van der Waals surface area contributed by atoms with Crippen molar-refractivity contribution in [3.05, 3.63) is 67.6 Å². The monoisotopic (exact) mass is 417 g/mol. The molecule has 2 aromatic carbocycles. The summed E-state index contributed by atoms with van der Waals surface area (Å²) in [6.07, 6.45) is 1.31. The van der Waals surface area contributed by atoms with Crippen molar-refractivity contribution in [3.8, 4) is 0 Å². The fourth-order valence-corrected chi connectivity index (χ4v) is 2.67. The lowest BCUT2D eigenvalue weighted by Crippen LogP contribution is -2.37. The van der Waals surface area contributed by atoms with Crippen LogP contribution < -0.4 is 10.7 Å². The number of halogens is 4. The summed E-state index contributed by atoms with van der Waals surface area (Å²) in [5.41, 5.74) is 3.28. The Morgan fingerprint density at radius 1 is 0.920 bits per heavy atom. The molecule has 2 amide bonds. The number of amides is 2. The third-order valence-corrected chi connectivity index (χ3v) is 4.14. The lowest BCUT2D eigenvalue weighted by atomic mass is 10.2. The molecule has 0 fully saturated rings. The normalized spacial score (nSPS) is 10.7. The summed E-state index contributed by atoms with van der Waals surface area (Å²) in [6.45, 7) is 0.0784. The van der Waals surface area contributed by atoms with Gasteiger partial charge in [-0.3, -0.25) is 9.59 Å². The fraction of sp³-hybridized carbons (Fsp3) is 0.0625. The largest absolute Gasteiger partial charge is 0.344 e. The van der Waals surface area contributed by atoms with Gasteiger partial charge in [0.1, 0.15) is 0 Å². The van der Waals surface area contributed by atoms with E-state index in [1.54, 1.807) is 30.3 Å². The van der Waals surface area contributed by atoms with E-state index in [1.165, 1.54) is 12.3 Å². The highest BCUT2D eigenvalue weighted by Gasteiger charge is 2.13. The molecule has 0 atom stereocenters. The fourth-order valence-electron chi connectivity index (χ4n) is 1.74. The number of nitrogens with one attached hydrogen (secondary N) is 2. The van der Waals surface area contributed by atoms with E-state index in [4.69, 9.17) is 46.4 Å². The first-order valence-corrected chi connectivity index (χ1v) is 8.38. The Morgan fingerprint density at radius 3 is 2.20 bits per heavy atom. The van der Waals surface area contributed by atoms with Gasteiger partial charge >= 0.3 is 11.8 Å². The van der Waals surface area contributed by atoms with Crippen molar-refractivity contribution in [2.75, 3.05) is 0 Å². The maximum atomic E-state index is 11.7. The molecule has 0 aliphatic rings. The number of nitrogens with zero attached hydrogens (tertiary/aromatic N) is 1. The molecule has 0 aliphatic carbocycles. The number of hydrogen-bond acceptors (Lipinski definition) is 3. The maximum absolute atomic E-state index is 11.7. The molecule has 0 aliphatic heterocycles. The van der Waals surface area contributed by atoms with Crippen LogP contribution in [-0.2, 0) is 16.1 Å². The van der Waals surface area contributed by atoms with Crippen LogP contribution in [0.5, 0.6) is 0 Å². The van der Waals surface area contributed by atoms with Crippen molar-refractivity contribution in [1.29, 1.82) is 0 Å². The smallest absolute Gasteiger partial charge is 0.329 e. The highest BCUT2D eigenvalue weighted by molar-refractivity contribution is 6.37. The summed E-state index contributed by atoms with van der Waals surface area (Å²) in [7, 11) is 0. The van der Waals surface area contributed by atoms with Gasteiger partial charge in [-0.25, -0.2) is 5.43 Å². The summed E-state index contributed by atoms with van der Waals surface area (Å²) in [5.74, 6) is -1.78. The lowest BCUT2D eigenvalue weighted by Gasteiger charge is -2.06. The molecule has 0 aromatic heterocycles. The standard InChI is InChI=1S/C16H11Cl4N3O2/c17-11-3-1-9(13(19)5-11)7-21-15(24)16(25)23-22-8-10-2-4-12(18)6-14(10)20/h1-6,8H,7H2,(H,21,24)(H,23,25). The Balaban J connectivity index is 1.87. The molecule has 2 N–H and O–H groups in total. The van der Waals surface area contributed by atoms with Crippen LogP contribution in [0.3, 0.4) is 0 Å². The highest BCUT2D eigenvalue weighted by atomic mass is 35.5. The SMILES string of the molecule is O=C(NCc1ccc(Cl)cc1Cl)C(=O)NN=Cc1ccc(Cl)cc1Cl. The van der Waals surface area contributed by atoms with Crippen LogP contribution in [-0.4, -0.2) is 18.0 Å². The summed E-state index contributed by atoms with van der Waals surface area (Å²) in [4.78, 5) is 23.4. The minimum absolute atomic E-state index is 0.0784. The van der Waals surface area contributed by atoms with Crippen molar-refractivity contribution in [2.24, 2.45) is 5.10 Å². The Kier molecular flexibility index (Phi) is 7.08. The van der Waals surface area contributed by atoms with Crippen LogP contribution in [0.1, 0.15) is 11.1 Å². The van der Waals surface area contributed by atoms with E-state index in [0.717, 1.165) is 0 Å². The van der Waals surface area contributed by atoms with Crippen LogP contribution in [0, 0.1) is 0 Å². The molecule has 0 heterocycles. The van der Waals surface area contributed by atoms with Gasteiger partial charge in [0.25, 0.3) is 0 Å². The van der Waals surface area contributed by atoms with E-state index < -0.39 is 11.8 Å². The summed E-state index contributed by atoms with van der Waals surface area (Å²) in [5, 5.41) is 7.83. The summed E-state index contributed by atoms with van der Waals surface area (Å²) < 4.78 is 0. The van der Waals surface area contributed by atoms with Gasteiger partial charge in [0.05, 0.1) is 11.2 Å². The minimum atomic E-state index is -0.925. The highest BCUT2D eigenvalue weighted by Crippen LogP contribution is 2.21. The first-order valence-electron chi connectivity index (χ1n) is 6.87. The maximum Gasteiger partial charge on any atom is 0.329 e. The van der Waals surface area contributed by atoms with Crippen molar-refractivity contribution in [2.45, 2.75) is 6.54 Å². The molecule has 0 bridgehead atoms. The summed E-state index contributed by atoms with van der Waals surface area (Å²) >= 11 is 23.5. The van der Waals surface area contributed by atoms with Crippen molar-refractivity contribution < 1.29 is 9.59 Å². The number of benzene rings is 2. The van der Waals surface area contributed by atoms with E-state index in [9.17, 15) is 9.59 Å². The zero-order valence-electron chi connectivity index (χ0n) is 12.5. The van der Waals surface area contributed by atoms with Crippen molar-refractivity contribution in [3.63, 3.8) is 0 Å². The first kappa shape index (κ1) is 19.5. The third-order valence-electron chi connectivity index (χ3n) is 2.99. The molecular weight excluding hydrogens is 408 g/mol. The molecular formula is C16H11Cl4N3O2. The second-order valence-electron chi connectivity index (χ2n) is 4.78. The zero-order valence-corrected chi connectivity index (χ0v) is 15.5. The topological polar surface area (TPSA) is 70.6 Å². The average molecular weight is 419 g/mol. The Morgan fingerprint density at radius 2 is 1.56 bits per heavy atom. The van der Waals surface area contributed by atoms with E-state index in [0.29, 0.717) is 31.2 Å². The predicted octanol–water partition coefficient (Wildman–Crippen LogP) is 4.07. The Bertz CT molecular complexity index is 840. The van der Waals surface area contributed by atoms with Gasteiger partial charge in [0.15, 0.2) is 0 Å². The van der Waals surface area contributed by atoms with Gasteiger partial charge < -0.3 is 5.32 Å². The van der Waals surface area contributed by atoms with E-state index in [2.05, 4.69) is 15.8 Å². The second-order valence-corrected chi connectivity index (χ2v) is 6.47. The number of hydrazone groups is 1. The molecule has 2 aromatic rings. The molecule has 130 valence electrons. The van der Waals surface area contributed by atoms with Crippen LogP contribution >= 0.6 is 46.4 Å². The molecule has 9 heteroatoms. The first-order chi connectivity index (χ1) is 11.9. The molecule has 25 heavy (non-hydrogen) atoms. The van der Waals surface area contributed by atoms with Crippen LogP contribution in [0.15, 0.2) is 41.5 Å². The number of carbonyl (C=O) groups is 2. The van der Waals surface area contributed by atoms with Crippen molar-refractivity contribution >= 4 is 64.4 Å². The van der Waals surface area contributed by atoms with E-state index in [-0.39, 0.29) is 6.54 Å². The molecule has 0 unspecified atom stereocenters. The predicted molar refractivity (Wildman–Crippen MR) is 101 cm³/mol. The van der Waals surface area contributed by atoms with E-state index >= 15 is 0 Å². The lowest BCUT2D eigenvalue weighted by molar-refractivity contribution is -0.139. The second kappa shape index (κ2) is 9.06. The Hall–Kier alpha value is -1.79. The number of carbonyl (C=O) groups excluding carboxylic acids is 2. The van der Waals surface area contributed by atoms with Gasteiger partial charge in [0.2, 0.25) is 0 Å². The number of hydrogen-bond donors (Lipinski definition) is 2. The Labute approximate surface area is 163 Å². The zero-order chi connectivity index (χ0) is 18.4. The molecule has 0 saturated carbocycles. The number of rotatable bonds is 4. The third kappa shape index (κ3) is 5.90. The van der Waals surface area contributed by atoms with Crippen LogP contribution in [0.2, 0.25) is 20.1 Å². The molecule has 0 spiro atoms. The quantitative estimate of drug-likeness (QED) is 0.446. The molecule has 2 rings (SSSR count). The molecule has 5 nitrogen and oxygen atoms in total. The van der Waals surface area contributed by atoms with Crippen LogP contribution in [0.25, 0.3) is 0 Å². The minimum Gasteiger partial charge on any atom is -0.344 e. The average Bonchev–Trinajstić information content (AvgIpc) is 2.55. The molecule has 0 saturated heterocycles. The van der Waals surface area contributed by atoms with Gasteiger partial charge in [-0.2, -0.15) is 5.10 Å². The summed E-state index contributed by atoms with van der Waals surface area (Å²) in [6, 6.07) is 9.63. The van der Waals surface area contributed by atoms with Gasteiger partial charge in [-0.1, -0.05) is 58.5 Å². The van der Waals surface area contributed by atoms with Gasteiger partial charge in [0, 0.05) is 27.2 Å². The molecule has 0 radical (unpaired) electrons. The van der Waals surface area contributed by atoms with Crippen LogP contribution in [0.4, 0.5) is 0 Å².